The molecule has 3 aromatic rings. The number of nitrogens with zero attached hydrogens (tertiary/aromatic N) is 3. The lowest BCUT2D eigenvalue weighted by Crippen LogP contribution is -2.43. The van der Waals surface area contributed by atoms with Crippen molar-refractivity contribution in [2.24, 2.45) is 0 Å². The summed E-state index contributed by atoms with van der Waals surface area (Å²) in [6, 6.07) is 21.9. The molecule has 6 heteroatoms. The summed E-state index contributed by atoms with van der Waals surface area (Å²) in [4.78, 5) is 20.5. The highest BCUT2D eigenvalue weighted by molar-refractivity contribution is 6.09. The van der Waals surface area contributed by atoms with Crippen LogP contribution in [-0.4, -0.2) is 88.1 Å². The molecule has 0 atom stereocenters. The van der Waals surface area contributed by atoms with Crippen molar-refractivity contribution in [3.8, 4) is 22.6 Å². The zero-order valence-corrected chi connectivity index (χ0v) is 23.0. The molecule has 0 saturated carbocycles. The number of ketones is 1. The minimum absolute atomic E-state index is 0.0870. The number of benzene rings is 3. The Hall–Kier alpha value is -3.45. The number of para-hydroxylation sites is 1. The van der Waals surface area contributed by atoms with E-state index in [1.165, 1.54) is 5.56 Å². The Morgan fingerprint density at radius 1 is 0.947 bits per heavy atom. The van der Waals surface area contributed by atoms with Gasteiger partial charge in [-0.15, -0.1) is 0 Å². The van der Waals surface area contributed by atoms with Gasteiger partial charge in [0.25, 0.3) is 0 Å². The maximum atomic E-state index is 13.6. The van der Waals surface area contributed by atoms with Crippen LogP contribution < -0.4 is 9.47 Å². The molecule has 6 nitrogen and oxygen atoms in total. The number of carbonyl (C=O) groups is 1. The number of rotatable bonds is 11. The zero-order chi connectivity index (χ0) is 26.9. The van der Waals surface area contributed by atoms with Crippen molar-refractivity contribution in [2.45, 2.75) is 6.54 Å². The third-order valence-electron chi connectivity index (χ3n) is 6.92. The van der Waals surface area contributed by atoms with E-state index >= 15 is 0 Å². The van der Waals surface area contributed by atoms with Crippen LogP contribution in [0, 0.1) is 0 Å². The second-order valence-corrected chi connectivity index (χ2v) is 10.0. The van der Waals surface area contributed by atoms with E-state index in [4.69, 9.17) is 9.47 Å². The van der Waals surface area contributed by atoms with Gasteiger partial charge in [0.15, 0.2) is 5.78 Å². The summed E-state index contributed by atoms with van der Waals surface area (Å²) in [6.45, 7) is 6.40. The van der Waals surface area contributed by atoms with Gasteiger partial charge < -0.3 is 19.3 Å². The van der Waals surface area contributed by atoms with Crippen molar-refractivity contribution in [3.63, 3.8) is 0 Å². The number of allylic oxidation sites excluding steroid dienone is 1. The number of likely N-dealkylation sites (N-methyl/N-ethyl adjacent to an activating group) is 2. The first kappa shape index (κ1) is 27.6. The summed E-state index contributed by atoms with van der Waals surface area (Å²) >= 11 is 0. The Labute approximate surface area is 227 Å². The summed E-state index contributed by atoms with van der Waals surface area (Å²) in [5.41, 5.74) is 4.68. The van der Waals surface area contributed by atoms with Crippen molar-refractivity contribution in [1.82, 2.24) is 14.7 Å². The molecule has 0 unspecified atom stereocenters. The fraction of sp³-hybridized carbons (Fsp3) is 0.344. The Morgan fingerprint density at radius 3 is 2.45 bits per heavy atom. The SMILES string of the molecule is COc1ccccc1-c1ccc(OCCN(C)C)c(C(=O)/C=C/c2ccccc2CN2CCN(C)CC2)c1. The molecule has 38 heavy (non-hydrogen) atoms. The van der Waals surface area contributed by atoms with Gasteiger partial charge >= 0.3 is 0 Å². The molecule has 0 N–H and O–H groups in total. The van der Waals surface area contributed by atoms with Gasteiger partial charge in [0, 0.05) is 44.8 Å². The van der Waals surface area contributed by atoms with Gasteiger partial charge in [0.1, 0.15) is 18.1 Å². The molecule has 1 saturated heterocycles. The molecular weight excluding hydrogens is 474 g/mol. The Morgan fingerprint density at radius 2 is 1.68 bits per heavy atom. The van der Waals surface area contributed by atoms with Crippen molar-refractivity contribution in [2.75, 3.05) is 67.6 Å². The average molecular weight is 514 g/mol. The predicted octanol–water partition coefficient (Wildman–Crippen LogP) is 4.95. The number of piperazine rings is 1. The minimum Gasteiger partial charge on any atom is -0.496 e. The summed E-state index contributed by atoms with van der Waals surface area (Å²) in [7, 11) is 7.83. The van der Waals surface area contributed by atoms with Gasteiger partial charge in [0.2, 0.25) is 0 Å². The maximum Gasteiger partial charge on any atom is 0.189 e. The van der Waals surface area contributed by atoms with Crippen LogP contribution >= 0.6 is 0 Å². The number of methoxy groups -OCH3 is 1. The molecule has 0 radical (unpaired) electrons. The number of carbonyl (C=O) groups excluding carboxylic acids is 1. The van der Waals surface area contributed by atoms with E-state index in [0.29, 0.717) is 17.9 Å². The normalized spacial score (nSPS) is 14.8. The van der Waals surface area contributed by atoms with Crippen molar-refractivity contribution >= 4 is 11.9 Å². The first-order valence-corrected chi connectivity index (χ1v) is 13.2. The molecule has 1 fully saturated rings. The Kier molecular flexibility index (Phi) is 9.71. The lowest BCUT2D eigenvalue weighted by Gasteiger charge is -2.32. The fourth-order valence-electron chi connectivity index (χ4n) is 4.58. The van der Waals surface area contributed by atoms with Gasteiger partial charge in [-0.05, 0) is 62.1 Å². The van der Waals surface area contributed by atoms with Crippen LogP contribution in [0.25, 0.3) is 17.2 Å². The molecular formula is C32H39N3O3. The van der Waals surface area contributed by atoms with Crippen LogP contribution in [0.4, 0.5) is 0 Å². The van der Waals surface area contributed by atoms with E-state index in [9.17, 15) is 4.79 Å². The molecule has 0 aromatic heterocycles. The highest BCUT2D eigenvalue weighted by Gasteiger charge is 2.16. The first-order chi connectivity index (χ1) is 18.4. The average Bonchev–Trinajstić information content (AvgIpc) is 2.93. The van der Waals surface area contributed by atoms with E-state index in [1.54, 1.807) is 13.2 Å². The highest BCUT2D eigenvalue weighted by Crippen LogP contribution is 2.33. The molecule has 0 spiro atoms. The van der Waals surface area contributed by atoms with Crippen molar-refractivity contribution in [3.05, 3.63) is 89.5 Å². The second-order valence-electron chi connectivity index (χ2n) is 10.0. The largest absolute Gasteiger partial charge is 0.496 e. The number of ether oxygens (including phenoxy) is 2. The van der Waals surface area contributed by atoms with Gasteiger partial charge in [-0.3, -0.25) is 9.69 Å². The highest BCUT2D eigenvalue weighted by atomic mass is 16.5. The van der Waals surface area contributed by atoms with E-state index in [0.717, 1.165) is 61.7 Å². The quantitative estimate of drug-likeness (QED) is 0.267. The third kappa shape index (κ3) is 7.32. The van der Waals surface area contributed by atoms with Crippen LogP contribution in [0.15, 0.2) is 72.8 Å². The molecule has 200 valence electrons. The smallest absolute Gasteiger partial charge is 0.189 e. The van der Waals surface area contributed by atoms with Crippen LogP contribution in [0.5, 0.6) is 11.5 Å². The van der Waals surface area contributed by atoms with Gasteiger partial charge in [-0.1, -0.05) is 54.6 Å². The lowest BCUT2D eigenvalue weighted by atomic mass is 9.98. The Balaban J connectivity index is 1.60. The molecule has 4 rings (SSSR count). The molecule has 0 aliphatic carbocycles. The van der Waals surface area contributed by atoms with Gasteiger partial charge in [0.05, 0.1) is 12.7 Å². The van der Waals surface area contributed by atoms with E-state index < -0.39 is 0 Å². The summed E-state index contributed by atoms with van der Waals surface area (Å²) in [5, 5.41) is 0. The van der Waals surface area contributed by atoms with E-state index in [-0.39, 0.29) is 5.78 Å². The van der Waals surface area contributed by atoms with Gasteiger partial charge in [-0.2, -0.15) is 0 Å². The van der Waals surface area contributed by atoms with E-state index in [2.05, 4.69) is 39.9 Å². The van der Waals surface area contributed by atoms with Crippen molar-refractivity contribution < 1.29 is 14.3 Å². The van der Waals surface area contributed by atoms with Crippen LogP contribution in [0.1, 0.15) is 21.5 Å². The molecule has 0 amide bonds. The van der Waals surface area contributed by atoms with Crippen LogP contribution in [-0.2, 0) is 6.54 Å². The molecule has 0 bridgehead atoms. The van der Waals surface area contributed by atoms with Crippen LogP contribution in [0.2, 0.25) is 0 Å². The summed E-state index contributed by atoms with van der Waals surface area (Å²) in [6.07, 6.45) is 3.61. The minimum atomic E-state index is -0.0870. The first-order valence-electron chi connectivity index (χ1n) is 13.2. The monoisotopic (exact) mass is 513 g/mol. The molecule has 3 aromatic carbocycles. The zero-order valence-electron chi connectivity index (χ0n) is 23.0. The van der Waals surface area contributed by atoms with E-state index in [1.807, 2.05) is 68.7 Å². The number of hydrogen-bond donors (Lipinski definition) is 0. The van der Waals surface area contributed by atoms with Crippen molar-refractivity contribution in [1.29, 1.82) is 0 Å². The third-order valence-corrected chi connectivity index (χ3v) is 6.92. The standard InChI is InChI=1S/C32H39N3O3/c1-33(2)21-22-38-32-16-14-26(28-11-7-8-12-31(28)37-4)23-29(32)30(36)15-13-25-9-5-6-10-27(25)24-35-19-17-34(3)18-20-35/h5-16,23H,17-22,24H2,1-4H3/b15-13+. The molecule has 1 aliphatic heterocycles. The topological polar surface area (TPSA) is 45.3 Å². The summed E-state index contributed by atoms with van der Waals surface area (Å²) < 4.78 is 11.6. The molecule has 1 aliphatic rings. The lowest BCUT2D eigenvalue weighted by molar-refractivity contribution is 0.104. The van der Waals surface area contributed by atoms with Crippen LogP contribution in [0.3, 0.4) is 0 Å². The molecule has 1 heterocycles. The Bertz CT molecular complexity index is 1250. The maximum absolute atomic E-state index is 13.6. The fourth-order valence-corrected chi connectivity index (χ4v) is 4.58. The van der Waals surface area contributed by atoms with Gasteiger partial charge in [-0.25, -0.2) is 0 Å². The second kappa shape index (κ2) is 13.4. The predicted molar refractivity (Wildman–Crippen MR) is 155 cm³/mol. The summed E-state index contributed by atoms with van der Waals surface area (Å²) in [5.74, 6) is 1.27. The number of hydrogen-bond acceptors (Lipinski definition) is 6.